The lowest BCUT2D eigenvalue weighted by Gasteiger charge is -2.06. The molecule has 0 saturated carbocycles. The molecule has 0 spiro atoms. The van der Waals surface area contributed by atoms with E-state index in [4.69, 9.17) is 26.0 Å². The highest BCUT2D eigenvalue weighted by atomic mass is 35.5. The molecule has 0 unspecified atom stereocenters. The Labute approximate surface area is 190 Å². The Morgan fingerprint density at radius 1 is 0.969 bits per heavy atom. The van der Waals surface area contributed by atoms with Gasteiger partial charge in [0.2, 0.25) is 17.6 Å². The van der Waals surface area contributed by atoms with Gasteiger partial charge < -0.3 is 25.9 Å². The number of carbonyl (C=O) groups is 3. The highest BCUT2D eigenvalue weighted by Gasteiger charge is 2.15. The van der Waals surface area contributed by atoms with E-state index in [1.54, 1.807) is 42.5 Å². The maximum atomic E-state index is 12.4. The average molecular weight is 459 g/mol. The van der Waals surface area contributed by atoms with Crippen LogP contribution in [0.25, 0.3) is 10.8 Å². The van der Waals surface area contributed by atoms with E-state index < -0.39 is 11.9 Å². The van der Waals surface area contributed by atoms with Crippen LogP contribution in [-0.4, -0.2) is 23.6 Å². The fraction of sp³-hybridized carbons (Fsp3) is 0.182. The van der Waals surface area contributed by atoms with Crippen LogP contribution in [0, 0.1) is 5.41 Å². The number of primary amides is 1. The Morgan fingerprint density at radius 3 is 2.41 bits per heavy atom. The van der Waals surface area contributed by atoms with Gasteiger partial charge in [0.25, 0.3) is 0 Å². The first-order valence-corrected chi connectivity index (χ1v) is 9.56. The Bertz CT molecular complexity index is 1160. The summed E-state index contributed by atoms with van der Waals surface area (Å²) >= 11 is 0. The van der Waals surface area contributed by atoms with Crippen molar-refractivity contribution in [1.29, 1.82) is 5.41 Å². The lowest BCUT2D eigenvalue weighted by atomic mass is 10.1. The normalized spacial score (nSPS) is 10.2. The van der Waals surface area contributed by atoms with Crippen LogP contribution in [0.5, 0.6) is 5.75 Å². The second kappa shape index (κ2) is 11.0. The summed E-state index contributed by atoms with van der Waals surface area (Å²) in [5.74, 6) is -0.643. The zero-order valence-electron chi connectivity index (χ0n) is 17.1. The molecule has 0 radical (unpaired) electrons. The van der Waals surface area contributed by atoms with Crippen molar-refractivity contribution in [3.05, 3.63) is 65.6 Å². The number of nitrogens with two attached hydrogens (primary N) is 2. The number of esters is 1. The molecule has 9 nitrogen and oxygen atoms in total. The zero-order valence-corrected chi connectivity index (χ0v) is 17.9. The van der Waals surface area contributed by atoms with Gasteiger partial charge in [-0.2, -0.15) is 0 Å². The molecule has 1 heterocycles. The summed E-state index contributed by atoms with van der Waals surface area (Å²) in [7, 11) is 0. The number of nitrogens with one attached hydrogen (secondary N) is 2. The van der Waals surface area contributed by atoms with Gasteiger partial charge in [0.1, 0.15) is 17.3 Å². The molecule has 3 aromatic rings. The largest absolute Gasteiger partial charge is 0.452 e. The molecular formula is C22H23ClN4O5. The number of fused-ring (bicyclic) bond motifs is 1. The SMILES string of the molecule is Cl.N=C(N)c1ccc2cc(OC(=O)c3ccc(CNC(=O)CCCC(N)=O)o3)ccc2c1. The van der Waals surface area contributed by atoms with Crippen molar-refractivity contribution in [3.63, 3.8) is 0 Å². The summed E-state index contributed by atoms with van der Waals surface area (Å²) < 4.78 is 10.8. The van der Waals surface area contributed by atoms with Gasteiger partial charge in [0.15, 0.2) is 0 Å². The van der Waals surface area contributed by atoms with E-state index in [0.717, 1.165) is 10.8 Å². The fourth-order valence-corrected chi connectivity index (χ4v) is 2.89. The van der Waals surface area contributed by atoms with E-state index >= 15 is 0 Å². The molecule has 32 heavy (non-hydrogen) atoms. The minimum atomic E-state index is -0.668. The Kier molecular flexibility index (Phi) is 8.37. The number of rotatable bonds is 9. The minimum absolute atomic E-state index is 0. The quantitative estimate of drug-likeness (QED) is 0.167. The standard InChI is InChI=1S/C22H22N4O5.ClH/c23-19(27)2-1-3-20(28)26-12-17-8-9-18(30-17)22(29)31-16-7-6-13-10-15(21(24)25)5-4-14(13)11-16;/h4-11H,1-3,12H2,(H2,23,27)(H3,24,25)(H,26,28);1H. The lowest BCUT2D eigenvalue weighted by molar-refractivity contribution is -0.121. The number of halogens is 1. The predicted molar refractivity (Wildman–Crippen MR) is 121 cm³/mol. The highest BCUT2D eigenvalue weighted by Crippen LogP contribution is 2.23. The minimum Gasteiger partial charge on any atom is -0.452 e. The molecule has 10 heteroatoms. The van der Waals surface area contributed by atoms with Crippen molar-refractivity contribution in [1.82, 2.24) is 5.32 Å². The first kappa shape index (κ1) is 24.4. The average Bonchev–Trinajstić information content (AvgIpc) is 3.21. The molecular weight excluding hydrogens is 436 g/mol. The summed E-state index contributed by atoms with van der Waals surface area (Å²) in [6.07, 6.45) is 0.698. The Balaban J connectivity index is 0.00000363. The van der Waals surface area contributed by atoms with Gasteiger partial charge in [-0.05, 0) is 47.5 Å². The van der Waals surface area contributed by atoms with Gasteiger partial charge in [-0.15, -0.1) is 12.4 Å². The van der Waals surface area contributed by atoms with E-state index in [0.29, 0.717) is 23.5 Å². The zero-order chi connectivity index (χ0) is 22.4. The summed E-state index contributed by atoms with van der Waals surface area (Å²) in [4.78, 5) is 34.8. The van der Waals surface area contributed by atoms with E-state index in [1.807, 2.05) is 0 Å². The van der Waals surface area contributed by atoms with Crippen molar-refractivity contribution < 1.29 is 23.5 Å². The van der Waals surface area contributed by atoms with E-state index in [-0.39, 0.29) is 49.3 Å². The molecule has 0 saturated heterocycles. The van der Waals surface area contributed by atoms with E-state index in [1.165, 1.54) is 6.07 Å². The van der Waals surface area contributed by atoms with Crippen molar-refractivity contribution in [2.75, 3.05) is 0 Å². The third kappa shape index (κ3) is 6.58. The predicted octanol–water partition coefficient (Wildman–Crippen LogP) is 2.63. The topological polar surface area (TPSA) is 162 Å². The molecule has 6 N–H and O–H groups in total. The summed E-state index contributed by atoms with van der Waals surface area (Å²) in [6.45, 7) is 0.108. The molecule has 2 aromatic carbocycles. The third-order valence-corrected chi connectivity index (χ3v) is 4.48. The van der Waals surface area contributed by atoms with Crippen LogP contribution in [0.3, 0.4) is 0 Å². The fourth-order valence-electron chi connectivity index (χ4n) is 2.89. The molecule has 0 fully saturated rings. The van der Waals surface area contributed by atoms with Crippen LogP contribution in [0.2, 0.25) is 0 Å². The maximum Gasteiger partial charge on any atom is 0.379 e. The molecule has 0 aliphatic carbocycles. The highest BCUT2D eigenvalue weighted by molar-refractivity contribution is 5.99. The number of ether oxygens (including phenoxy) is 1. The lowest BCUT2D eigenvalue weighted by Crippen LogP contribution is -2.22. The van der Waals surface area contributed by atoms with Crippen LogP contribution in [0.15, 0.2) is 52.9 Å². The number of amidine groups is 1. The van der Waals surface area contributed by atoms with Gasteiger partial charge in [-0.3, -0.25) is 15.0 Å². The maximum absolute atomic E-state index is 12.4. The van der Waals surface area contributed by atoms with E-state index in [2.05, 4.69) is 5.32 Å². The number of benzene rings is 2. The summed E-state index contributed by atoms with van der Waals surface area (Å²) in [6, 6.07) is 13.4. The second-order valence-electron chi connectivity index (χ2n) is 6.89. The Morgan fingerprint density at radius 2 is 1.69 bits per heavy atom. The molecule has 0 bridgehead atoms. The summed E-state index contributed by atoms with van der Waals surface area (Å²) in [5, 5.41) is 11.8. The number of carbonyl (C=O) groups excluding carboxylic acids is 3. The van der Waals surface area contributed by atoms with Gasteiger partial charge in [-0.25, -0.2) is 4.79 Å². The summed E-state index contributed by atoms with van der Waals surface area (Å²) in [5.41, 5.74) is 11.1. The molecule has 0 aliphatic rings. The number of furan rings is 1. The van der Waals surface area contributed by atoms with Gasteiger partial charge in [-0.1, -0.05) is 18.2 Å². The molecule has 168 valence electrons. The molecule has 0 aliphatic heterocycles. The van der Waals surface area contributed by atoms with Crippen LogP contribution >= 0.6 is 12.4 Å². The van der Waals surface area contributed by atoms with E-state index in [9.17, 15) is 14.4 Å². The number of amides is 2. The van der Waals surface area contributed by atoms with Crippen molar-refractivity contribution in [2.45, 2.75) is 25.8 Å². The van der Waals surface area contributed by atoms with Gasteiger partial charge in [0, 0.05) is 18.4 Å². The van der Waals surface area contributed by atoms with Crippen molar-refractivity contribution in [2.24, 2.45) is 11.5 Å². The second-order valence-corrected chi connectivity index (χ2v) is 6.89. The third-order valence-electron chi connectivity index (χ3n) is 4.48. The first-order valence-electron chi connectivity index (χ1n) is 9.56. The van der Waals surface area contributed by atoms with Crippen LogP contribution in [-0.2, 0) is 16.1 Å². The smallest absolute Gasteiger partial charge is 0.379 e. The van der Waals surface area contributed by atoms with Crippen molar-refractivity contribution in [3.8, 4) is 5.75 Å². The molecule has 3 rings (SSSR count). The van der Waals surface area contributed by atoms with Crippen molar-refractivity contribution >= 4 is 46.8 Å². The van der Waals surface area contributed by atoms with Gasteiger partial charge in [0.05, 0.1) is 6.54 Å². The van der Waals surface area contributed by atoms with Crippen LogP contribution in [0.1, 0.15) is 41.1 Å². The number of nitrogen functional groups attached to an aromatic ring is 1. The molecule has 1 aromatic heterocycles. The Hall–Kier alpha value is -3.85. The number of hydrogen-bond acceptors (Lipinski definition) is 6. The monoisotopic (exact) mass is 458 g/mol. The first-order chi connectivity index (χ1) is 14.8. The van der Waals surface area contributed by atoms with Gasteiger partial charge >= 0.3 is 5.97 Å². The van der Waals surface area contributed by atoms with Crippen LogP contribution in [0.4, 0.5) is 0 Å². The number of hydrogen-bond donors (Lipinski definition) is 4. The molecule has 0 atom stereocenters. The molecule has 2 amide bonds. The van der Waals surface area contributed by atoms with Crippen LogP contribution < -0.4 is 21.5 Å².